The standard InChI is InChI=1S/C18H21N3O5S/c1-18(2,3)14-10-15(20-26-14)19-17(23)13-8-9-16(22)21(13)11-4-6-12(7-5-11)27(24)25/h4-7,10,13H,8-9H2,1-3H3,(H,24,25)(H,19,20,23)/t13-/m0/s1. The first kappa shape index (κ1) is 19.2. The number of rotatable bonds is 4. The molecule has 2 amide bonds. The van der Waals surface area contributed by atoms with Crippen LogP contribution >= 0.6 is 0 Å². The van der Waals surface area contributed by atoms with E-state index in [0.29, 0.717) is 23.7 Å². The average Bonchev–Trinajstić information content (AvgIpc) is 3.21. The Hall–Kier alpha value is -2.52. The van der Waals surface area contributed by atoms with E-state index in [4.69, 9.17) is 9.08 Å². The highest BCUT2D eigenvalue weighted by Gasteiger charge is 2.37. The molecule has 144 valence electrons. The van der Waals surface area contributed by atoms with E-state index >= 15 is 0 Å². The van der Waals surface area contributed by atoms with Gasteiger partial charge in [0.25, 0.3) is 0 Å². The summed E-state index contributed by atoms with van der Waals surface area (Å²) in [4.78, 5) is 26.6. The van der Waals surface area contributed by atoms with Crippen molar-refractivity contribution in [2.75, 3.05) is 10.2 Å². The maximum Gasteiger partial charge on any atom is 0.248 e. The largest absolute Gasteiger partial charge is 0.359 e. The molecular weight excluding hydrogens is 370 g/mol. The van der Waals surface area contributed by atoms with Gasteiger partial charge in [-0.1, -0.05) is 25.9 Å². The van der Waals surface area contributed by atoms with Crippen LogP contribution in [0.5, 0.6) is 0 Å². The summed E-state index contributed by atoms with van der Waals surface area (Å²) in [6.45, 7) is 5.92. The highest BCUT2D eigenvalue weighted by atomic mass is 32.2. The molecule has 1 aliphatic rings. The Morgan fingerprint density at radius 3 is 2.56 bits per heavy atom. The van der Waals surface area contributed by atoms with Crippen LogP contribution in [0.25, 0.3) is 0 Å². The highest BCUT2D eigenvalue weighted by Crippen LogP contribution is 2.29. The molecule has 8 nitrogen and oxygen atoms in total. The van der Waals surface area contributed by atoms with Crippen molar-refractivity contribution in [2.24, 2.45) is 0 Å². The molecule has 9 heteroatoms. The fraction of sp³-hybridized carbons (Fsp3) is 0.389. The van der Waals surface area contributed by atoms with E-state index in [1.54, 1.807) is 18.2 Å². The van der Waals surface area contributed by atoms with E-state index in [9.17, 15) is 13.8 Å². The fourth-order valence-electron chi connectivity index (χ4n) is 2.88. The number of aromatic nitrogens is 1. The quantitative estimate of drug-likeness (QED) is 0.775. The third-order valence-electron chi connectivity index (χ3n) is 4.33. The van der Waals surface area contributed by atoms with Gasteiger partial charge in [-0.05, 0) is 30.7 Å². The molecule has 2 heterocycles. The van der Waals surface area contributed by atoms with Crippen LogP contribution in [0, 0.1) is 0 Å². The van der Waals surface area contributed by atoms with Crippen molar-refractivity contribution in [2.45, 2.75) is 50.0 Å². The van der Waals surface area contributed by atoms with Crippen LogP contribution < -0.4 is 10.2 Å². The summed E-state index contributed by atoms with van der Waals surface area (Å²) >= 11 is -2.10. The second kappa shape index (κ2) is 7.24. The molecule has 1 aliphatic heterocycles. The number of nitrogens with one attached hydrogen (secondary N) is 1. The number of amides is 2. The smallest absolute Gasteiger partial charge is 0.248 e. The molecule has 0 radical (unpaired) electrons. The Balaban J connectivity index is 1.78. The van der Waals surface area contributed by atoms with Crippen LogP contribution in [-0.2, 0) is 26.1 Å². The SMILES string of the molecule is CC(C)(C)c1cc(NC(=O)[C@@H]2CCC(=O)N2c2ccc(S(=O)O)cc2)no1. The minimum absolute atomic E-state index is 0.177. The van der Waals surface area contributed by atoms with Gasteiger partial charge in [-0.3, -0.25) is 14.5 Å². The molecule has 2 aromatic rings. The number of carbonyl (C=O) groups excluding carboxylic acids is 2. The third kappa shape index (κ3) is 4.09. The molecule has 1 aromatic carbocycles. The molecule has 1 fully saturated rings. The number of nitrogens with zero attached hydrogens (tertiary/aromatic N) is 2. The minimum atomic E-state index is -2.10. The first-order valence-electron chi connectivity index (χ1n) is 8.48. The van der Waals surface area contributed by atoms with Gasteiger partial charge in [0.05, 0.1) is 4.90 Å². The molecule has 1 saturated heterocycles. The predicted molar refractivity (Wildman–Crippen MR) is 99.8 cm³/mol. The molecule has 0 aliphatic carbocycles. The zero-order valence-electron chi connectivity index (χ0n) is 15.3. The van der Waals surface area contributed by atoms with E-state index in [1.165, 1.54) is 17.0 Å². The summed E-state index contributed by atoms with van der Waals surface area (Å²) in [5.41, 5.74) is 0.266. The molecule has 1 unspecified atom stereocenters. The summed E-state index contributed by atoms with van der Waals surface area (Å²) in [7, 11) is 0. The van der Waals surface area contributed by atoms with Crippen molar-refractivity contribution in [1.29, 1.82) is 0 Å². The molecule has 3 rings (SSSR count). The van der Waals surface area contributed by atoms with Crippen LogP contribution in [0.1, 0.15) is 39.4 Å². The van der Waals surface area contributed by atoms with Crippen LogP contribution in [0.3, 0.4) is 0 Å². The number of anilines is 2. The third-order valence-corrected chi connectivity index (χ3v) is 5.01. The Morgan fingerprint density at radius 1 is 1.33 bits per heavy atom. The van der Waals surface area contributed by atoms with Gasteiger partial charge in [-0.25, -0.2) is 4.21 Å². The monoisotopic (exact) mass is 391 g/mol. The number of hydrogen-bond acceptors (Lipinski definition) is 5. The predicted octanol–water partition coefficient (Wildman–Crippen LogP) is 2.69. The Kier molecular flexibility index (Phi) is 5.16. The van der Waals surface area contributed by atoms with E-state index in [2.05, 4.69) is 10.5 Å². The zero-order chi connectivity index (χ0) is 19.8. The van der Waals surface area contributed by atoms with E-state index in [0.717, 1.165) is 0 Å². The first-order valence-corrected chi connectivity index (χ1v) is 9.58. The lowest BCUT2D eigenvalue weighted by molar-refractivity contribution is -0.120. The van der Waals surface area contributed by atoms with Crippen molar-refractivity contribution < 1.29 is 22.9 Å². The number of benzene rings is 1. The highest BCUT2D eigenvalue weighted by molar-refractivity contribution is 7.79. The molecular formula is C18H21N3O5S. The molecule has 0 spiro atoms. The fourth-order valence-corrected chi connectivity index (χ4v) is 3.25. The number of hydrogen-bond donors (Lipinski definition) is 2. The molecule has 2 N–H and O–H groups in total. The summed E-state index contributed by atoms with van der Waals surface area (Å²) in [6, 6.07) is 7.02. The summed E-state index contributed by atoms with van der Waals surface area (Å²) in [5.74, 6) is 0.410. The van der Waals surface area contributed by atoms with Crippen molar-refractivity contribution >= 4 is 34.4 Å². The molecule has 27 heavy (non-hydrogen) atoms. The van der Waals surface area contributed by atoms with Gasteiger partial charge in [0.15, 0.2) is 16.9 Å². The molecule has 1 aromatic heterocycles. The van der Waals surface area contributed by atoms with Gasteiger partial charge in [0.1, 0.15) is 11.8 Å². The summed E-state index contributed by atoms with van der Waals surface area (Å²) in [5, 5.41) is 6.57. The van der Waals surface area contributed by atoms with Gasteiger partial charge in [0, 0.05) is 23.6 Å². The minimum Gasteiger partial charge on any atom is -0.359 e. The van der Waals surface area contributed by atoms with Crippen LogP contribution in [0.15, 0.2) is 39.8 Å². The first-order chi connectivity index (χ1) is 12.7. The lowest BCUT2D eigenvalue weighted by atomic mass is 9.93. The molecule has 2 atom stereocenters. The lowest BCUT2D eigenvalue weighted by Gasteiger charge is -2.23. The maximum absolute atomic E-state index is 12.7. The topological polar surface area (TPSA) is 113 Å². The van der Waals surface area contributed by atoms with E-state index < -0.39 is 17.1 Å². The number of carbonyl (C=O) groups is 2. The van der Waals surface area contributed by atoms with Crippen LogP contribution in [0.2, 0.25) is 0 Å². The second-order valence-electron chi connectivity index (χ2n) is 7.38. The van der Waals surface area contributed by atoms with E-state index in [1.807, 2.05) is 20.8 Å². The van der Waals surface area contributed by atoms with Gasteiger partial charge < -0.3 is 14.4 Å². The Bertz CT molecular complexity index is 885. The Morgan fingerprint density at radius 2 is 2.00 bits per heavy atom. The summed E-state index contributed by atoms with van der Waals surface area (Å²) < 4.78 is 25.5. The Labute approximate surface area is 159 Å². The molecule has 0 saturated carbocycles. The van der Waals surface area contributed by atoms with Gasteiger partial charge >= 0.3 is 0 Å². The maximum atomic E-state index is 12.7. The van der Waals surface area contributed by atoms with Gasteiger partial charge in [0.2, 0.25) is 11.8 Å². The second-order valence-corrected chi connectivity index (χ2v) is 8.35. The van der Waals surface area contributed by atoms with Crippen molar-refractivity contribution in [3.8, 4) is 0 Å². The van der Waals surface area contributed by atoms with E-state index in [-0.39, 0.29) is 28.5 Å². The zero-order valence-corrected chi connectivity index (χ0v) is 16.1. The van der Waals surface area contributed by atoms with Crippen LogP contribution in [-0.4, -0.2) is 31.8 Å². The average molecular weight is 391 g/mol. The van der Waals surface area contributed by atoms with Crippen molar-refractivity contribution in [1.82, 2.24) is 5.16 Å². The summed E-state index contributed by atoms with van der Waals surface area (Å²) in [6.07, 6.45) is 0.625. The van der Waals surface area contributed by atoms with Crippen LogP contribution in [0.4, 0.5) is 11.5 Å². The lowest BCUT2D eigenvalue weighted by Crippen LogP contribution is -2.41. The van der Waals surface area contributed by atoms with Crippen molar-refractivity contribution in [3.63, 3.8) is 0 Å². The molecule has 0 bridgehead atoms. The normalized spacial score (nSPS) is 18.6. The van der Waals surface area contributed by atoms with Crippen molar-refractivity contribution in [3.05, 3.63) is 36.1 Å². The van der Waals surface area contributed by atoms with Gasteiger partial charge in [-0.15, -0.1) is 0 Å². The van der Waals surface area contributed by atoms with Gasteiger partial charge in [-0.2, -0.15) is 0 Å².